The van der Waals surface area contributed by atoms with E-state index in [0.29, 0.717) is 34.8 Å². The maximum Gasteiger partial charge on any atom is 0.241 e. The van der Waals surface area contributed by atoms with Crippen LogP contribution in [0.15, 0.2) is 47.0 Å². The number of hydrogen-bond acceptors (Lipinski definition) is 6. The zero-order chi connectivity index (χ0) is 23.9. The fourth-order valence-corrected chi connectivity index (χ4v) is 5.02. The van der Waals surface area contributed by atoms with Gasteiger partial charge in [0.2, 0.25) is 17.6 Å². The van der Waals surface area contributed by atoms with Crippen LogP contribution < -0.4 is 5.32 Å². The molecule has 3 aromatic rings. The summed E-state index contributed by atoms with van der Waals surface area (Å²) < 4.78 is 5.45. The molecule has 34 heavy (non-hydrogen) atoms. The molecule has 0 atom stereocenters. The number of carbonyl (C=O) groups excluding carboxylic acids is 1. The average Bonchev–Trinajstić information content (AvgIpc) is 3.30. The number of halogens is 2. The lowest BCUT2D eigenvalue weighted by Gasteiger charge is -2.30. The molecule has 1 aliphatic heterocycles. The molecule has 0 radical (unpaired) electrons. The summed E-state index contributed by atoms with van der Waals surface area (Å²) in [6.45, 7) is 5.00. The Bertz CT molecular complexity index is 1100. The Morgan fingerprint density at radius 3 is 2.65 bits per heavy atom. The maximum absolute atomic E-state index is 12.6. The van der Waals surface area contributed by atoms with Gasteiger partial charge in [-0.05, 0) is 50.6 Å². The van der Waals surface area contributed by atoms with Crippen molar-refractivity contribution in [1.82, 2.24) is 20.4 Å². The van der Waals surface area contributed by atoms with Crippen molar-refractivity contribution in [3.05, 3.63) is 69.5 Å². The van der Waals surface area contributed by atoms with Crippen LogP contribution in [0.25, 0.3) is 11.4 Å². The van der Waals surface area contributed by atoms with E-state index in [9.17, 15) is 4.79 Å². The van der Waals surface area contributed by atoms with Gasteiger partial charge in [0.25, 0.3) is 0 Å². The van der Waals surface area contributed by atoms with Crippen molar-refractivity contribution in [1.29, 1.82) is 0 Å². The standard InChI is InChI=1S/C25H28Cl2N4O2S/c1-17-2-5-19(6-3-17)24-29-23(33-30-24)15-31-11-8-20(9-12-31)25(32)28-10-13-34-16-18-4-7-21(26)22(27)14-18/h2-7,14,20H,8-13,15-16H2,1H3,(H,28,32). The smallest absolute Gasteiger partial charge is 0.241 e. The number of hydrogen-bond donors (Lipinski definition) is 1. The predicted molar refractivity (Wildman–Crippen MR) is 138 cm³/mol. The summed E-state index contributed by atoms with van der Waals surface area (Å²) in [5.41, 5.74) is 3.28. The van der Waals surface area contributed by atoms with Gasteiger partial charge in [0, 0.05) is 29.5 Å². The highest BCUT2D eigenvalue weighted by Gasteiger charge is 2.25. The monoisotopic (exact) mass is 518 g/mol. The second kappa shape index (κ2) is 12.1. The fourth-order valence-electron chi connectivity index (χ4n) is 3.89. The molecule has 0 bridgehead atoms. The molecule has 1 aliphatic rings. The number of thioether (sulfide) groups is 1. The zero-order valence-electron chi connectivity index (χ0n) is 19.1. The Morgan fingerprint density at radius 2 is 1.91 bits per heavy atom. The van der Waals surface area contributed by atoms with E-state index >= 15 is 0 Å². The molecule has 2 aromatic carbocycles. The molecule has 1 fully saturated rings. The molecule has 1 N–H and O–H groups in total. The predicted octanol–water partition coefficient (Wildman–Crippen LogP) is 5.61. The highest BCUT2D eigenvalue weighted by Crippen LogP contribution is 2.25. The first-order valence-electron chi connectivity index (χ1n) is 11.4. The third-order valence-electron chi connectivity index (χ3n) is 5.89. The summed E-state index contributed by atoms with van der Waals surface area (Å²) in [4.78, 5) is 19.4. The van der Waals surface area contributed by atoms with Crippen LogP contribution in [0.4, 0.5) is 0 Å². The van der Waals surface area contributed by atoms with Crippen molar-refractivity contribution in [2.75, 3.05) is 25.4 Å². The third-order valence-corrected chi connectivity index (χ3v) is 7.66. The lowest BCUT2D eigenvalue weighted by molar-refractivity contribution is -0.126. The number of amides is 1. The first-order valence-corrected chi connectivity index (χ1v) is 13.3. The molecule has 4 rings (SSSR count). The topological polar surface area (TPSA) is 71.3 Å². The molecule has 180 valence electrons. The van der Waals surface area contributed by atoms with Crippen LogP contribution in [-0.2, 0) is 17.1 Å². The summed E-state index contributed by atoms with van der Waals surface area (Å²) in [5, 5.41) is 8.33. The second-order valence-corrected chi connectivity index (χ2v) is 10.4. The van der Waals surface area contributed by atoms with Crippen LogP contribution in [0.2, 0.25) is 10.0 Å². The van der Waals surface area contributed by atoms with E-state index in [-0.39, 0.29) is 11.8 Å². The molecule has 0 unspecified atom stereocenters. The van der Waals surface area contributed by atoms with Crippen molar-refractivity contribution in [2.45, 2.75) is 32.1 Å². The molecule has 1 amide bonds. The Labute approximate surface area is 214 Å². The molecule has 9 heteroatoms. The number of piperidine rings is 1. The number of aromatic nitrogens is 2. The SMILES string of the molecule is Cc1ccc(-c2noc(CN3CCC(C(=O)NCCSCc4ccc(Cl)c(Cl)c4)CC3)n2)cc1. The Balaban J connectivity index is 1.13. The number of nitrogens with one attached hydrogen (secondary N) is 1. The lowest BCUT2D eigenvalue weighted by atomic mass is 9.96. The molecular weight excluding hydrogens is 491 g/mol. The van der Waals surface area contributed by atoms with Gasteiger partial charge >= 0.3 is 0 Å². The van der Waals surface area contributed by atoms with Crippen molar-refractivity contribution in [2.24, 2.45) is 5.92 Å². The highest BCUT2D eigenvalue weighted by atomic mass is 35.5. The van der Waals surface area contributed by atoms with Crippen LogP contribution >= 0.6 is 35.0 Å². The van der Waals surface area contributed by atoms with Crippen LogP contribution in [0.1, 0.15) is 29.9 Å². The van der Waals surface area contributed by atoms with Gasteiger partial charge in [-0.1, -0.05) is 64.3 Å². The lowest BCUT2D eigenvalue weighted by Crippen LogP contribution is -2.40. The molecule has 2 heterocycles. The van der Waals surface area contributed by atoms with E-state index in [1.165, 1.54) is 5.56 Å². The van der Waals surface area contributed by atoms with E-state index < -0.39 is 0 Å². The van der Waals surface area contributed by atoms with E-state index in [4.69, 9.17) is 27.7 Å². The third kappa shape index (κ3) is 6.98. The van der Waals surface area contributed by atoms with Gasteiger partial charge in [-0.3, -0.25) is 9.69 Å². The van der Waals surface area contributed by atoms with Crippen molar-refractivity contribution >= 4 is 40.9 Å². The van der Waals surface area contributed by atoms with E-state index in [0.717, 1.165) is 48.6 Å². The van der Waals surface area contributed by atoms with Gasteiger partial charge in [0.05, 0.1) is 16.6 Å². The van der Waals surface area contributed by atoms with E-state index in [1.807, 2.05) is 49.4 Å². The zero-order valence-corrected chi connectivity index (χ0v) is 21.4. The van der Waals surface area contributed by atoms with Crippen molar-refractivity contribution in [3.63, 3.8) is 0 Å². The maximum atomic E-state index is 12.6. The van der Waals surface area contributed by atoms with Gasteiger partial charge in [0.15, 0.2) is 0 Å². The van der Waals surface area contributed by atoms with E-state index in [2.05, 4.69) is 20.4 Å². The summed E-state index contributed by atoms with van der Waals surface area (Å²) in [6.07, 6.45) is 1.67. The first-order chi connectivity index (χ1) is 16.5. The molecule has 1 aromatic heterocycles. The number of nitrogens with zero attached hydrogens (tertiary/aromatic N) is 3. The van der Waals surface area contributed by atoms with Crippen LogP contribution in [0.5, 0.6) is 0 Å². The average molecular weight is 519 g/mol. The van der Waals surface area contributed by atoms with E-state index in [1.54, 1.807) is 11.8 Å². The van der Waals surface area contributed by atoms with Gasteiger partial charge < -0.3 is 9.84 Å². The Hall–Kier alpha value is -2.06. The largest absolute Gasteiger partial charge is 0.355 e. The van der Waals surface area contributed by atoms with Crippen LogP contribution in [0.3, 0.4) is 0 Å². The molecule has 6 nitrogen and oxygen atoms in total. The number of aryl methyl sites for hydroxylation is 1. The Morgan fingerprint density at radius 1 is 1.15 bits per heavy atom. The number of carbonyl (C=O) groups is 1. The van der Waals surface area contributed by atoms with Crippen molar-refractivity contribution in [3.8, 4) is 11.4 Å². The van der Waals surface area contributed by atoms with Gasteiger partial charge in [0.1, 0.15) is 0 Å². The highest BCUT2D eigenvalue weighted by molar-refractivity contribution is 7.98. The quantitative estimate of drug-likeness (QED) is 0.371. The first kappa shape index (κ1) is 25.0. The van der Waals surface area contributed by atoms with Gasteiger partial charge in [-0.25, -0.2) is 0 Å². The minimum absolute atomic E-state index is 0.0575. The van der Waals surface area contributed by atoms with Crippen LogP contribution in [0, 0.1) is 12.8 Å². The minimum Gasteiger partial charge on any atom is -0.355 e. The second-order valence-electron chi connectivity index (χ2n) is 8.52. The summed E-state index contributed by atoms with van der Waals surface area (Å²) in [6, 6.07) is 13.8. The normalized spacial score (nSPS) is 14.9. The molecule has 0 saturated carbocycles. The van der Waals surface area contributed by atoms with Gasteiger partial charge in [-0.2, -0.15) is 16.7 Å². The van der Waals surface area contributed by atoms with Crippen molar-refractivity contribution < 1.29 is 9.32 Å². The molecule has 0 aliphatic carbocycles. The fraction of sp³-hybridized carbons (Fsp3) is 0.400. The number of likely N-dealkylation sites (tertiary alicyclic amines) is 1. The Kier molecular flexibility index (Phi) is 8.89. The molecular formula is C25H28Cl2N4O2S. The van der Waals surface area contributed by atoms with Crippen LogP contribution in [-0.4, -0.2) is 46.3 Å². The van der Waals surface area contributed by atoms with Gasteiger partial charge in [-0.15, -0.1) is 0 Å². The molecule has 0 spiro atoms. The number of benzene rings is 2. The summed E-state index contributed by atoms with van der Waals surface area (Å²) in [7, 11) is 0. The molecule has 1 saturated heterocycles. The minimum atomic E-state index is 0.0575. The summed E-state index contributed by atoms with van der Waals surface area (Å²) >= 11 is 13.8. The summed E-state index contributed by atoms with van der Waals surface area (Å²) in [5.74, 6) is 3.12. The number of rotatable bonds is 9.